The van der Waals surface area contributed by atoms with Gasteiger partial charge in [-0.1, -0.05) is 6.92 Å². The van der Waals surface area contributed by atoms with E-state index in [-0.39, 0.29) is 0 Å². The standard InChI is InChI=1S/C18H30N6/c1-2-23-11-5-6-16(23)14-22-18(19)21-13-15-7-8-20-17(12-15)24-9-3-4-10-24/h7-8,12,16H,2-6,9-11,13-14H2,1H3,(H3,19,21,22). The maximum Gasteiger partial charge on any atom is 0.188 e. The van der Waals surface area contributed by atoms with Gasteiger partial charge < -0.3 is 16.0 Å². The Bertz CT molecular complexity index is 552. The molecule has 6 heteroatoms. The minimum atomic E-state index is 0.539. The molecule has 1 atom stereocenters. The fourth-order valence-corrected chi connectivity index (χ4v) is 3.68. The average Bonchev–Trinajstić information content (AvgIpc) is 3.29. The van der Waals surface area contributed by atoms with Crippen molar-refractivity contribution in [3.63, 3.8) is 0 Å². The Balaban J connectivity index is 1.50. The van der Waals surface area contributed by atoms with Crippen LogP contribution < -0.4 is 16.0 Å². The van der Waals surface area contributed by atoms with Crippen LogP contribution in [0, 0.1) is 0 Å². The van der Waals surface area contributed by atoms with E-state index in [2.05, 4.69) is 38.1 Å². The van der Waals surface area contributed by atoms with E-state index in [1.165, 1.54) is 32.2 Å². The number of pyridine rings is 1. The summed E-state index contributed by atoms with van der Waals surface area (Å²) in [6.45, 7) is 8.24. The van der Waals surface area contributed by atoms with Crippen molar-refractivity contribution in [1.82, 2.24) is 15.2 Å². The molecular weight excluding hydrogens is 300 g/mol. The van der Waals surface area contributed by atoms with Crippen molar-refractivity contribution in [2.45, 2.75) is 45.2 Å². The van der Waals surface area contributed by atoms with Crippen molar-refractivity contribution >= 4 is 11.8 Å². The van der Waals surface area contributed by atoms with Gasteiger partial charge in [0, 0.05) is 31.9 Å². The Kier molecular flexibility index (Phi) is 5.91. The monoisotopic (exact) mass is 330 g/mol. The lowest BCUT2D eigenvalue weighted by Gasteiger charge is -2.23. The number of likely N-dealkylation sites (N-methyl/N-ethyl adjacent to an activating group) is 1. The first kappa shape index (κ1) is 17.0. The first-order valence-corrected chi connectivity index (χ1v) is 9.24. The number of nitrogens with two attached hydrogens (primary N) is 1. The summed E-state index contributed by atoms with van der Waals surface area (Å²) in [6, 6.07) is 4.75. The fraction of sp³-hybridized carbons (Fsp3) is 0.667. The third kappa shape index (κ3) is 4.38. The summed E-state index contributed by atoms with van der Waals surface area (Å²) in [6.07, 6.45) is 6.93. The second-order valence-corrected chi connectivity index (χ2v) is 6.72. The number of rotatable bonds is 6. The van der Waals surface area contributed by atoms with Crippen molar-refractivity contribution in [2.75, 3.05) is 37.6 Å². The van der Waals surface area contributed by atoms with Gasteiger partial charge in [-0.3, -0.25) is 4.90 Å². The van der Waals surface area contributed by atoms with Crippen LogP contribution in [-0.2, 0) is 6.54 Å². The van der Waals surface area contributed by atoms with Gasteiger partial charge in [-0.25, -0.2) is 9.98 Å². The average molecular weight is 330 g/mol. The predicted octanol–water partition coefficient (Wildman–Crippen LogP) is 1.57. The Morgan fingerprint density at radius 3 is 2.96 bits per heavy atom. The molecule has 24 heavy (non-hydrogen) atoms. The van der Waals surface area contributed by atoms with Crippen LogP contribution in [0.5, 0.6) is 0 Å². The molecule has 0 bridgehead atoms. The molecule has 2 aliphatic rings. The van der Waals surface area contributed by atoms with Crippen LogP contribution in [-0.4, -0.2) is 54.6 Å². The van der Waals surface area contributed by atoms with E-state index in [9.17, 15) is 0 Å². The van der Waals surface area contributed by atoms with Crippen LogP contribution in [0.25, 0.3) is 0 Å². The number of nitrogens with one attached hydrogen (secondary N) is 1. The number of hydrogen-bond donors (Lipinski definition) is 2. The van der Waals surface area contributed by atoms with E-state index in [0.717, 1.165) is 37.6 Å². The third-order valence-corrected chi connectivity index (χ3v) is 5.10. The van der Waals surface area contributed by atoms with Crippen LogP contribution in [0.3, 0.4) is 0 Å². The molecule has 6 nitrogen and oxygen atoms in total. The number of anilines is 1. The summed E-state index contributed by atoms with van der Waals surface area (Å²) >= 11 is 0. The summed E-state index contributed by atoms with van der Waals surface area (Å²) in [5.41, 5.74) is 7.20. The van der Waals surface area contributed by atoms with Crippen molar-refractivity contribution in [3.8, 4) is 0 Å². The summed E-state index contributed by atoms with van der Waals surface area (Å²) in [5, 5.41) is 3.29. The molecule has 1 aromatic rings. The Labute approximate surface area is 145 Å². The van der Waals surface area contributed by atoms with Crippen molar-refractivity contribution < 1.29 is 0 Å². The molecule has 0 aliphatic carbocycles. The van der Waals surface area contributed by atoms with Crippen molar-refractivity contribution in [2.24, 2.45) is 10.7 Å². The maximum atomic E-state index is 6.04. The van der Waals surface area contributed by atoms with Crippen LogP contribution in [0.2, 0.25) is 0 Å². The second kappa shape index (κ2) is 8.33. The molecule has 1 unspecified atom stereocenters. The number of aliphatic imine (C=N–C) groups is 1. The lowest BCUT2D eigenvalue weighted by atomic mass is 10.2. The SMILES string of the molecule is CCN1CCCC1CNC(N)=NCc1ccnc(N2CCCC2)c1. The number of nitrogens with zero attached hydrogens (tertiary/aromatic N) is 4. The van der Waals surface area contributed by atoms with E-state index < -0.39 is 0 Å². The van der Waals surface area contributed by atoms with Crippen LogP contribution in [0.15, 0.2) is 23.3 Å². The molecule has 2 saturated heterocycles. The Morgan fingerprint density at radius 2 is 2.17 bits per heavy atom. The van der Waals surface area contributed by atoms with Crippen LogP contribution in [0.4, 0.5) is 5.82 Å². The predicted molar refractivity (Wildman–Crippen MR) is 99.3 cm³/mol. The topological polar surface area (TPSA) is 69.8 Å². The minimum absolute atomic E-state index is 0.539. The molecule has 3 N–H and O–H groups in total. The molecule has 3 rings (SSSR count). The summed E-state index contributed by atoms with van der Waals surface area (Å²) in [5.74, 6) is 1.61. The van der Waals surface area contributed by atoms with Gasteiger partial charge in [0.25, 0.3) is 0 Å². The minimum Gasteiger partial charge on any atom is -0.370 e. The molecule has 2 aliphatic heterocycles. The number of guanidine groups is 1. The molecule has 132 valence electrons. The zero-order valence-electron chi connectivity index (χ0n) is 14.7. The van der Waals surface area contributed by atoms with Gasteiger partial charge >= 0.3 is 0 Å². The maximum absolute atomic E-state index is 6.04. The van der Waals surface area contributed by atoms with E-state index in [0.29, 0.717) is 18.5 Å². The molecule has 0 aromatic carbocycles. The number of hydrogen-bond acceptors (Lipinski definition) is 4. The zero-order valence-corrected chi connectivity index (χ0v) is 14.7. The first-order valence-electron chi connectivity index (χ1n) is 9.24. The summed E-state index contributed by atoms with van der Waals surface area (Å²) in [7, 11) is 0. The molecule has 0 saturated carbocycles. The highest BCUT2D eigenvalue weighted by atomic mass is 15.2. The first-order chi connectivity index (χ1) is 11.8. The lowest BCUT2D eigenvalue weighted by molar-refractivity contribution is 0.267. The molecular formula is C18H30N6. The van der Waals surface area contributed by atoms with Crippen molar-refractivity contribution in [3.05, 3.63) is 23.9 Å². The van der Waals surface area contributed by atoms with Gasteiger partial charge in [0.1, 0.15) is 5.82 Å². The smallest absolute Gasteiger partial charge is 0.188 e. The summed E-state index contributed by atoms with van der Waals surface area (Å²) in [4.78, 5) is 13.8. The molecule has 2 fully saturated rings. The van der Waals surface area contributed by atoms with Gasteiger partial charge in [0.05, 0.1) is 6.54 Å². The van der Waals surface area contributed by atoms with Gasteiger partial charge in [0.15, 0.2) is 5.96 Å². The highest BCUT2D eigenvalue weighted by Gasteiger charge is 2.22. The van der Waals surface area contributed by atoms with Crippen LogP contribution >= 0.6 is 0 Å². The number of likely N-dealkylation sites (tertiary alicyclic amines) is 1. The molecule has 0 spiro atoms. The Hall–Kier alpha value is -1.82. The van der Waals surface area contributed by atoms with Crippen molar-refractivity contribution in [1.29, 1.82) is 0 Å². The molecule has 0 radical (unpaired) electrons. The van der Waals surface area contributed by atoms with Gasteiger partial charge in [-0.05, 0) is 56.5 Å². The zero-order chi connectivity index (χ0) is 16.8. The molecule has 0 amide bonds. The van der Waals surface area contributed by atoms with Gasteiger partial charge in [0.2, 0.25) is 0 Å². The molecule has 3 heterocycles. The number of aromatic nitrogens is 1. The van der Waals surface area contributed by atoms with Gasteiger partial charge in [-0.2, -0.15) is 0 Å². The fourth-order valence-electron chi connectivity index (χ4n) is 3.68. The van der Waals surface area contributed by atoms with E-state index in [4.69, 9.17) is 5.73 Å². The van der Waals surface area contributed by atoms with Gasteiger partial charge in [-0.15, -0.1) is 0 Å². The second-order valence-electron chi connectivity index (χ2n) is 6.72. The van der Waals surface area contributed by atoms with E-state index >= 15 is 0 Å². The lowest BCUT2D eigenvalue weighted by Crippen LogP contribution is -2.42. The normalized spacial score (nSPS) is 22.3. The highest BCUT2D eigenvalue weighted by Crippen LogP contribution is 2.19. The van der Waals surface area contributed by atoms with E-state index in [1.807, 2.05) is 12.3 Å². The van der Waals surface area contributed by atoms with Crippen LogP contribution in [0.1, 0.15) is 38.2 Å². The van der Waals surface area contributed by atoms with E-state index in [1.54, 1.807) is 0 Å². The Morgan fingerprint density at radius 1 is 1.33 bits per heavy atom. The summed E-state index contributed by atoms with van der Waals surface area (Å²) < 4.78 is 0. The largest absolute Gasteiger partial charge is 0.370 e. The highest BCUT2D eigenvalue weighted by molar-refractivity contribution is 5.77. The third-order valence-electron chi connectivity index (χ3n) is 5.10. The quantitative estimate of drug-likeness (QED) is 0.612. The molecule has 1 aromatic heterocycles.